The predicted octanol–water partition coefficient (Wildman–Crippen LogP) is 1.85. The highest BCUT2D eigenvalue weighted by Gasteiger charge is 2.41. The monoisotopic (exact) mass is 257 g/mol. The third-order valence-corrected chi connectivity index (χ3v) is 3.28. The third kappa shape index (κ3) is 3.59. The molecular weight excluding hydrogens is 234 g/mol. The van der Waals surface area contributed by atoms with Crippen LogP contribution in [0.3, 0.4) is 0 Å². The summed E-state index contributed by atoms with van der Waals surface area (Å²) >= 11 is 0. The van der Waals surface area contributed by atoms with E-state index in [1.54, 1.807) is 0 Å². The molecule has 2 aliphatic rings. The second-order valence-electron chi connectivity index (χ2n) is 6.17. The van der Waals surface area contributed by atoms with Crippen molar-refractivity contribution in [3.05, 3.63) is 0 Å². The van der Waals surface area contributed by atoms with Crippen LogP contribution < -0.4 is 5.32 Å². The molecule has 2 rings (SSSR count). The number of carbonyl (C=O) groups excluding carboxylic acids is 1. The Morgan fingerprint density at radius 1 is 1.39 bits per heavy atom. The van der Waals surface area contributed by atoms with E-state index in [2.05, 4.69) is 5.32 Å². The minimum absolute atomic E-state index is 0.121. The van der Waals surface area contributed by atoms with Gasteiger partial charge in [0.1, 0.15) is 5.60 Å². The first-order chi connectivity index (χ1) is 8.39. The van der Waals surface area contributed by atoms with Crippen LogP contribution in [0.2, 0.25) is 0 Å². The highest BCUT2D eigenvalue weighted by atomic mass is 16.6. The highest BCUT2D eigenvalue weighted by molar-refractivity contribution is 5.68. The number of hydrogen-bond acceptors (Lipinski definition) is 4. The van der Waals surface area contributed by atoms with Crippen LogP contribution in [0, 0.1) is 0 Å². The lowest BCUT2D eigenvalue weighted by Crippen LogP contribution is -2.49. The molecule has 2 saturated heterocycles. The van der Waals surface area contributed by atoms with E-state index in [1.165, 1.54) is 0 Å². The molecule has 5 nitrogen and oxygen atoms in total. The van der Waals surface area contributed by atoms with Crippen molar-refractivity contribution < 1.29 is 19.0 Å². The lowest BCUT2D eigenvalue weighted by Gasteiger charge is -2.37. The fraction of sp³-hybridized carbons (Fsp3) is 0.923. The van der Waals surface area contributed by atoms with E-state index in [9.17, 15) is 4.79 Å². The minimum Gasteiger partial charge on any atom is -0.444 e. The maximum atomic E-state index is 11.7. The summed E-state index contributed by atoms with van der Waals surface area (Å²) < 4.78 is 16.5. The van der Waals surface area contributed by atoms with Gasteiger partial charge in [-0.15, -0.1) is 0 Å². The van der Waals surface area contributed by atoms with Gasteiger partial charge < -0.3 is 19.5 Å². The summed E-state index contributed by atoms with van der Waals surface area (Å²) in [5, 5.41) is 2.93. The van der Waals surface area contributed by atoms with Crippen LogP contribution in [-0.2, 0) is 14.2 Å². The maximum Gasteiger partial charge on any atom is 0.407 e. The smallest absolute Gasteiger partial charge is 0.407 e. The van der Waals surface area contributed by atoms with Gasteiger partial charge in [-0.1, -0.05) is 0 Å². The quantitative estimate of drug-likeness (QED) is 0.779. The lowest BCUT2D eigenvalue weighted by atomic mass is 9.90. The first-order valence-electron chi connectivity index (χ1n) is 6.60. The van der Waals surface area contributed by atoms with Crippen LogP contribution in [0.25, 0.3) is 0 Å². The van der Waals surface area contributed by atoms with E-state index in [-0.39, 0.29) is 17.7 Å². The Morgan fingerprint density at radius 3 is 2.78 bits per heavy atom. The summed E-state index contributed by atoms with van der Waals surface area (Å²) in [5.74, 6) is 0. The zero-order valence-electron chi connectivity index (χ0n) is 11.5. The van der Waals surface area contributed by atoms with Crippen LogP contribution in [-0.4, -0.2) is 43.2 Å². The Bertz CT molecular complexity index is 305. The van der Waals surface area contributed by atoms with Crippen molar-refractivity contribution in [2.75, 3.05) is 19.8 Å². The number of amides is 1. The molecule has 0 aliphatic carbocycles. The van der Waals surface area contributed by atoms with E-state index in [4.69, 9.17) is 14.2 Å². The second kappa shape index (κ2) is 5.05. The molecule has 2 aliphatic heterocycles. The maximum absolute atomic E-state index is 11.7. The lowest BCUT2D eigenvalue weighted by molar-refractivity contribution is -0.0892. The van der Waals surface area contributed by atoms with Crippen molar-refractivity contribution in [1.29, 1.82) is 0 Å². The summed E-state index contributed by atoms with van der Waals surface area (Å²) in [6.07, 6.45) is 2.22. The zero-order valence-corrected chi connectivity index (χ0v) is 11.5. The highest BCUT2D eigenvalue weighted by Crippen LogP contribution is 2.32. The Kier molecular flexibility index (Phi) is 3.82. The molecule has 1 N–H and O–H groups in total. The van der Waals surface area contributed by atoms with E-state index < -0.39 is 5.60 Å². The van der Waals surface area contributed by atoms with Gasteiger partial charge >= 0.3 is 6.09 Å². The summed E-state index contributed by atoms with van der Waals surface area (Å²) in [5.41, 5.74) is -0.638. The summed E-state index contributed by atoms with van der Waals surface area (Å²) in [4.78, 5) is 11.7. The molecule has 0 bridgehead atoms. The Morgan fingerprint density at radius 2 is 2.17 bits per heavy atom. The fourth-order valence-corrected chi connectivity index (χ4v) is 2.49. The molecule has 0 saturated carbocycles. The average molecular weight is 257 g/mol. The first-order valence-corrected chi connectivity index (χ1v) is 6.60. The van der Waals surface area contributed by atoms with Crippen molar-refractivity contribution in [1.82, 2.24) is 5.32 Å². The standard InChI is InChI=1S/C13H23NO4/c1-12(2,3)18-11(15)14-10-4-6-17-13(8-10)5-7-16-9-13/h10H,4-9H2,1-3H3,(H,14,15)/t10-,13-/m0/s1. The number of rotatable bonds is 1. The van der Waals surface area contributed by atoms with Gasteiger partial charge in [-0.25, -0.2) is 4.79 Å². The van der Waals surface area contributed by atoms with Gasteiger partial charge in [0.2, 0.25) is 0 Å². The predicted molar refractivity (Wildman–Crippen MR) is 66.5 cm³/mol. The van der Waals surface area contributed by atoms with Gasteiger partial charge in [0.25, 0.3) is 0 Å². The van der Waals surface area contributed by atoms with E-state index in [0.29, 0.717) is 13.2 Å². The third-order valence-electron chi connectivity index (χ3n) is 3.28. The molecule has 2 heterocycles. The number of carbonyl (C=O) groups is 1. The molecule has 2 fully saturated rings. The largest absolute Gasteiger partial charge is 0.444 e. The molecular formula is C13H23NO4. The molecule has 18 heavy (non-hydrogen) atoms. The summed E-state index contributed by atoms with van der Waals surface area (Å²) in [6.45, 7) is 7.65. The zero-order chi connectivity index (χ0) is 13.2. The molecule has 0 aromatic rings. The molecule has 104 valence electrons. The Hall–Kier alpha value is -0.810. The summed E-state index contributed by atoms with van der Waals surface area (Å²) in [7, 11) is 0. The number of hydrogen-bond donors (Lipinski definition) is 1. The van der Waals surface area contributed by atoms with E-state index in [0.717, 1.165) is 25.9 Å². The van der Waals surface area contributed by atoms with Gasteiger partial charge in [-0.2, -0.15) is 0 Å². The molecule has 1 spiro atoms. The second-order valence-corrected chi connectivity index (χ2v) is 6.17. The van der Waals surface area contributed by atoms with E-state index >= 15 is 0 Å². The normalized spacial score (nSPS) is 32.5. The number of alkyl carbamates (subject to hydrolysis) is 1. The van der Waals surface area contributed by atoms with Crippen molar-refractivity contribution in [3.8, 4) is 0 Å². The Labute approximate surface area is 108 Å². The molecule has 0 unspecified atom stereocenters. The van der Waals surface area contributed by atoms with Gasteiger partial charge in [-0.05, 0) is 33.6 Å². The van der Waals surface area contributed by atoms with Crippen LogP contribution in [0.5, 0.6) is 0 Å². The molecule has 0 aromatic carbocycles. The van der Waals surface area contributed by atoms with Gasteiger partial charge in [0.05, 0.1) is 12.2 Å². The van der Waals surface area contributed by atoms with Crippen LogP contribution >= 0.6 is 0 Å². The molecule has 5 heteroatoms. The van der Waals surface area contributed by atoms with Gasteiger partial charge in [0.15, 0.2) is 0 Å². The van der Waals surface area contributed by atoms with Crippen molar-refractivity contribution in [2.45, 2.75) is 57.3 Å². The summed E-state index contributed by atoms with van der Waals surface area (Å²) in [6, 6.07) is 0.121. The van der Waals surface area contributed by atoms with Gasteiger partial charge in [-0.3, -0.25) is 0 Å². The van der Waals surface area contributed by atoms with Crippen LogP contribution in [0.15, 0.2) is 0 Å². The minimum atomic E-state index is -0.455. The molecule has 0 radical (unpaired) electrons. The fourth-order valence-electron chi connectivity index (χ4n) is 2.49. The van der Waals surface area contributed by atoms with Crippen LogP contribution in [0.4, 0.5) is 4.79 Å². The average Bonchev–Trinajstić information content (AvgIpc) is 2.63. The molecule has 2 atom stereocenters. The molecule has 0 aromatic heterocycles. The Balaban J connectivity index is 1.84. The van der Waals surface area contributed by atoms with Gasteiger partial charge in [0, 0.05) is 25.7 Å². The number of nitrogens with one attached hydrogen (secondary N) is 1. The SMILES string of the molecule is CC(C)(C)OC(=O)N[C@H]1CCO[C@@]2(CCOC2)C1. The topological polar surface area (TPSA) is 56.8 Å². The first kappa shape index (κ1) is 13.6. The van der Waals surface area contributed by atoms with Crippen molar-refractivity contribution in [3.63, 3.8) is 0 Å². The molecule has 1 amide bonds. The van der Waals surface area contributed by atoms with Crippen molar-refractivity contribution >= 4 is 6.09 Å². The van der Waals surface area contributed by atoms with Crippen molar-refractivity contribution in [2.24, 2.45) is 0 Å². The van der Waals surface area contributed by atoms with Crippen LogP contribution in [0.1, 0.15) is 40.0 Å². The number of ether oxygens (including phenoxy) is 3. The van der Waals surface area contributed by atoms with E-state index in [1.807, 2.05) is 20.8 Å².